The monoisotopic (exact) mass is 349 g/mol. The molecule has 1 amide bonds. The summed E-state index contributed by atoms with van der Waals surface area (Å²) < 4.78 is 0. The third kappa shape index (κ3) is 6.81. The predicted octanol–water partition coefficient (Wildman–Crippen LogP) is 4.04. The van der Waals surface area contributed by atoms with Gasteiger partial charge in [0, 0.05) is 24.7 Å². The lowest BCUT2D eigenvalue weighted by Crippen LogP contribution is -2.42. The zero-order valence-electron chi connectivity index (χ0n) is 14.8. The fourth-order valence-corrected chi connectivity index (χ4v) is 4.16. The van der Waals surface area contributed by atoms with Gasteiger partial charge in [0.1, 0.15) is 0 Å². The van der Waals surface area contributed by atoms with Crippen molar-refractivity contribution >= 4 is 17.7 Å². The van der Waals surface area contributed by atoms with Crippen LogP contribution in [-0.4, -0.2) is 29.2 Å². The van der Waals surface area contributed by atoms with Crippen molar-refractivity contribution in [1.82, 2.24) is 15.6 Å². The number of hydrogen-bond acceptors (Lipinski definition) is 4. The molecule has 2 rings (SSSR count). The highest BCUT2D eigenvalue weighted by atomic mass is 32.2. The van der Waals surface area contributed by atoms with Crippen molar-refractivity contribution in [2.24, 2.45) is 0 Å². The van der Waals surface area contributed by atoms with E-state index in [1.165, 1.54) is 44.9 Å². The van der Waals surface area contributed by atoms with E-state index in [4.69, 9.17) is 0 Å². The van der Waals surface area contributed by atoms with Gasteiger partial charge in [0.2, 0.25) is 5.91 Å². The van der Waals surface area contributed by atoms with Crippen LogP contribution in [0.3, 0.4) is 0 Å². The molecular formula is C19H31N3OS. The Morgan fingerprint density at radius 1 is 1.25 bits per heavy atom. The Labute approximate surface area is 150 Å². The molecule has 24 heavy (non-hydrogen) atoms. The van der Waals surface area contributed by atoms with Gasteiger partial charge in [0.05, 0.1) is 11.4 Å². The van der Waals surface area contributed by atoms with Crippen LogP contribution >= 0.6 is 11.8 Å². The molecule has 4 nitrogen and oxygen atoms in total. The molecule has 1 aromatic heterocycles. The van der Waals surface area contributed by atoms with E-state index in [0.717, 1.165) is 24.3 Å². The minimum Gasteiger partial charge on any atom is -0.355 e. The van der Waals surface area contributed by atoms with Crippen LogP contribution < -0.4 is 10.6 Å². The first-order valence-electron chi connectivity index (χ1n) is 9.36. The number of aromatic nitrogens is 1. The lowest BCUT2D eigenvalue weighted by Gasteiger charge is -2.13. The van der Waals surface area contributed by atoms with Crippen LogP contribution in [0.1, 0.15) is 69.2 Å². The van der Waals surface area contributed by atoms with E-state index in [-0.39, 0.29) is 17.3 Å². The number of nitrogens with zero attached hydrogens (tertiary/aromatic N) is 1. The zero-order valence-corrected chi connectivity index (χ0v) is 15.6. The molecular weight excluding hydrogens is 318 g/mol. The van der Waals surface area contributed by atoms with Crippen LogP contribution in [0.15, 0.2) is 24.5 Å². The summed E-state index contributed by atoms with van der Waals surface area (Å²) in [6, 6.07) is 3.90. The summed E-state index contributed by atoms with van der Waals surface area (Å²) in [7, 11) is 0. The molecule has 1 aliphatic heterocycles. The van der Waals surface area contributed by atoms with Gasteiger partial charge in [-0.15, -0.1) is 11.8 Å². The Kier molecular flexibility index (Phi) is 9.21. The van der Waals surface area contributed by atoms with Gasteiger partial charge in [0.15, 0.2) is 0 Å². The number of pyridine rings is 1. The molecule has 1 aromatic rings. The predicted molar refractivity (Wildman–Crippen MR) is 102 cm³/mol. The minimum atomic E-state index is -0.0887. The molecule has 0 bridgehead atoms. The number of hydrogen-bond donors (Lipinski definition) is 2. The van der Waals surface area contributed by atoms with Gasteiger partial charge in [-0.25, -0.2) is 0 Å². The summed E-state index contributed by atoms with van der Waals surface area (Å²) in [5.74, 6) is 0.958. The minimum absolute atomic E-state index is 0.0887. The van der Waals surface area contributed by atoms with E-state index >= 15 is 0 Å². The van der Waals surface area contributed by atoms with Crippen LogP contribution in [0.5, 0.6) is 0 Å². The average molecular weight is 350 g/mol. The quantitative estimate of drug-likeness (QED) is 0.592. The third-order valence-electron chi connectivity index (χ3n) is 4.42. The molecule has 1 unspecified atom stereocenters. The van der Waals surface area contributed by atoms with E-state index in [9.17, 15) is 4.79 Å². The van der Waals surface area contributed by atoms with Crippen LogP contribution in [-0.2, 0) is 4.79 Å². The normalized spacial score (nSPS) is 20.2. The first kappa shape index (κ1) is 19.3. The first-order chi connectivity index (χ1) is 11.8. The first-order valence-corrected chi connectivity index (χ1v) is 10.4. The Balaban J connectivity index is 1.52. The van der Waals surface area contributed by atoms with E-state index in [2.05, 4.69) is 28.6 Å². The van der Waals surface area contributed by atoms with E-state index < -0.39 is 0 Å². The van der Waals surface area contributed by atoms with Gasteiger partial charge < -0.3 is 5.32 Å². The fourth-order valence-electron chi connectivity index (χ4n) is 2.94. The summed E-state index contributed by atoms with van der Waals surface area (Å²) >= 11 is 1.78. The number of carbonyl (C=O) groups is 1. The Morgan fingerprint density at radius 3 is 2.71 bits per heavy atom. The molecule has 134 valence electrons. The summed E-state index contributed by atoms with van der Waals surface area (Å²) in [6.07, 6.45) is 14.0. The summed E-state index contributed by atoms with van der Waals surface area (Å²) in [4.78, 5) is 16.4. The van der Waals surface area contributed by atoms with Crippen molar-refractivity contribution in [3.05, 3.63) is 30.1 Å². The van der Waals surface area contributed by atoms with Gasteiger partial charge in [-0.2, -0.15) is 0 Å². The molecule has 0 aromatic carbocycles. The molecule has 1 saturated heterocycles. The molecule has 1 fully saturated rings. The molecule has 0 radical (unpaired) electrons. The molecule has 0 spiro atoms. The number of nitrogens with one attached hydrogen (secondary N) is 2. The Bertz CT molecular complexity index is 469. The van der Waals surface area contributed by atoms with Gasteiger partial charge in [-0.3, -0.25) is 15.1 Å². The smallest absolute Gasteiger partial charge is 0.238 e. The second-order valence-corrected chi connectivity index (χ2v) is 7.62. The largest absolute Gasteiger partial charge is 0.355 e. The number of unbranched alkanes of at least 4 members (excludes halogenated alkanes) is 7. The van der Waals surface area contributed by atoms with Crippen LogP contribution in [0.4, 0.5) is 0 Å². The second-order valence-electron chi connectivity index (χ2n) is 6.48. The molecule has 5 heteroatoms. The maximum absolute atomic E-state index is 12.2. The number of thioether (sulfide) groups is 1. The number of rotatable bonds is 11. The molecule has 2 N–H and O–H groups in total. The molecule has 2 heterocycles. The van der Waals surface area contributed by atoms with Crippen LogP contribution in [0.2, 0.25) is 0 Å². The second kappa shape index (κ2) is 11.5. The third-order valence-corrected chi connectivity index (χ3v) is 5.68. The zero-order chi connectivity index (χ0) is 17.0. The maximum atomic E-state index is 12.2. The van der Waals surface area contributed by atoms with Gasteiger partial charge in [-0.1, -0.05) is 57.9 Å². The average Bonchev–Trinajstić information content (AvgIpc) is 3.11. The maximum Gasteiger partial charge on any atom is 0.238 e. The van der Waals surface area contributed by atoms with Crippen LogP contribution in [0, 0.1) is 0 Å². The molecule has 0 aliphatic carbocycles. The van der Waals surface area contributed by atoms with Crippen molar-refractivity contribution in [3.63, 3.8) is 0 Å². The topological polar surface area (TPSA) is 54.0 Å². The standard InChI is InChI=1S/C19H31N3OS/c1-2-3-4-5-6-7-8-9-13-21-18(23)17-15-24-19(22-17)16-11-10-12-20-14-16/h10-12,14,17,19,22H,2-9,13,15H2,1H3,(H,21,23)/t17-,19?/m0/s1. The van der Waals surface area contributed by atoms with Gasteiger partial charge in [0.25, 0.3) is 0 Å². The highest BCUT2D eigenvalue weighted by Crippen LogP contribution is 2.32. The van der Waals surface area contributed by atoms with Crippen molar-refractivity contribution in [2.75, 3.05) is 12.3 Å². The fraction of sp³-hybridized carbons (Fsp3) is 0.684. The van der Waals surface area contributed by atoms with Crippen molar-refractivity contribution in [1.29, 1.82) is 0 Å². The molecule has 2 atom stereocenters. The highest BCUT2D eigenvalue weighted by Gasteiger charge is 2.30. The van der Waals surface area contributed by atoms with E-state index in [1.54, 1.807) is 18.0 Å². The number of amides is 1. The summed E-state index contributed by atoms with van der Waals surface area (Å²) in [6.45, 7) is 3.05. The van der Waals surface area contributed by atoms with Crippen LogP contribution in [0.25, 0.3) is 0 Å². The van der Waals surface area contributed by atoms with E-state index in [0.29, 0.717) is 0 Å². The lowest BCUT2D eigenvalue weighted by molar-refractivity contribution is -0.122. The SMILES string of the molecule is CCCCCCCCCCNC(=O)[C@@H]1CSC(c2cccnc2)N1. The van der Waals surface area contributed by atoms with Gasteiger partial charge >= 0.3 is 0 Å². The van der Waals surface area contributed by atoms with E-state index in [1.807, 2.05) is 12.3 Å². The lowest BCUT2D eigenvalue weighted by atomic mass is 10.1. The molecule has 0 saturated carbocycles. The Morgan fingerprint density at radius 2 is 2.00 bits per heavy atom. The van der Waals surface area contributed by atoms with Crippen molar-refractivity contribution < 1.29 is 4.79 Å². The summed E-state index contributed by atoms with van der Waals surface area (Å²) in [5, 5.41) is 6.65. The van der Waals surface area contributed by atoms with Crippen molar-refractivity contribution in [2.45, 2.75) is 69.7 Å². The highest BCUT2D eigenvalue weighted by molar-refractivity contribution is 7.99. The number of carbonyl (C=O) groups excluding carboxylic acids is 1. The van der Waals surface area contributed by atoms with Crippen molar-refractivity contribution in [3.8, 4) is 0 Å². The van der Waals surface area contributed by atoms with Gasteiger partial charge in [-0.05, 0) is 18.1 Å². The Hall–Kier alpha value is -1.07. The molecule has 1 aliphatic rings. The summed E-state index contributed by atoms with van der Waals surface area (Å²) in [5.41, 5.74) is 1.14.